The molecule has 53 heavy (non-hydrogen) atoms. The number of aromatic nitrogens is 9. The molecule has 0 radical (unpaired) electrons. The number of anilines is 1. The Kier molecular flexibility index (Phi) is 14.1. The van der Waals surface area contributed by atoms with E-state index in [-0.39, 0.29) is 18.4 Å². The number of aromatic amines is 1. The van der Waals surface area contributed by atoms with E-state index in [9.17, 15) is 51.0 Å². The fourth-order valence-corrected chi connectivity index (χ4v) is 4.00. The third-order valence-corrected chi connectivity index (χ3v) is 6.41. The number of nitrogens with one attached hydrogen (secondary N) is 1. The van der Waals surface area contributed by atoms with Crippen molar-refractivity contribution in [2.24, 2.45) is 0 Å². The van der Waals surface area contributed by atoms with Crippen LogP contribution in [0.2, 0.25) is 0 Å². The highest BCUT2D eigenvalue weighted by Crippen LogP contribution is 2.30. The molecule has 0 atom stereocenters. The summed E-state index contributed by atoms with van der Waals surface area (Å²) < 4.78 is 90.4. The summed E-state index contributed by atoms with van der Waals surface area (Å²) in [7, 11) is 0. The van der Waals surface area contributed by atoms with E-state index in [0.717, 1.165) is 24.0 Å². The molecule has 6 aromatic rings. The lowest BCUT2D eigenvalue weighted by Crippen LogP contribution is -2.02. The second-order valence-electron chi connectivity index (χ2n) is 10.2. The zero-order valence-electron chi connectivity index (χ0n) is 27.5. The van der Waals surface area contributed by atoms with Crippen LogP contribution < -0.4 is 5.73 Å². The molecular weight excluding hydrogens is 725 g/mol. The second kappa shape index (κ2) is 18.4. The molecule has 0 bridgehead atoms. The molecule has 3 heterocycles. The van der Waals surface area contributed by atoms with Crippen LogP contribution in [0.3, 0.4) is 0 Å². The maximum Gasteiger partial charge on any atom is 0.270 e. The van der Waals surface area contributed by atoms with Crippen molar-refractivity contribution in [1.82, 2.24) is 44.7 Å². The van der Waals surface area contributed by atoms with Gasteiger partial charge in [0.15, 0.2) is 0 Å². The van der Waals surface area contributed by atoms with Crippen LogP contribution in [0.25, 0.3) is 11.4 Å². The van der Waals surface area contributed by atoms with Crippen LogP contribution in [0.1, 0.15) is 54.9 Å². The average molecular weight is 755 g/mol. The lowest BCUT2D eigenvalue weighted by atomic mass is 10.1. The summed E-state index contributed by atoms with van der Waals surface area (Å²) in [5.41, 5.74) is 3.67. The number of non-ortho nitro benzene ring substituents is 2. The number of nitrogens with two attached hydrogens (primary N) is 1. The van der Waals surface area contributed by atoms with Gasteiger partial charge in [-0.2, -0.15) is 15.3 Å². The number of rotatable bonds is 7. The molecule has 282 valence electrons. The summed E-state index contributed by atoms with van der Waals surface area (Å²) in [6, 6.07) is 9.55. The van der Waals surface area contributed by atoms with Crippen LogP contribution in [0.15, 0.2) is 73.6 Å². The van der Waals surface area contributed by atoms with Gasteiger partial charge in [0, 0.05) is 36.9 Å². The number of nitrogens with zero attached hydrogens (tertiary/aromatic N) is 10. The van der Waals surface area contributed by atoms with E-state index >= 15 is 0 Å². The minimum Gasteiger partial charge on any atom is -0.399 e. The Morgan fingerprint density at radius 3 is 1.53 bits per heavy atom. The minimum absolute atomic E-state index is 0. The van der Waals surface area contributed by atoms with Crippen molar-refractivity contribution in [3.05, 3.63) is 134 Å². The predicted octanol–water partition coefficient (Wildman–Crippen LogP) is 7.55. The second-order valence-corrected chi connectivity index (χ2v) is 10.2. The summed E-state index contributed by atoms with van der Waals surface area (Å²) in [6.45, 7) is 5.16. The lowest BCUT2D eigenvalue weighted by Gasteiger charge is -2.08. The van der Waals surface area contributed by atoms with Gasteiger partial charge in [-0.05, 0) is 51.1 Å². The van der Waals surface area contributed by atoms with E-state index in [1.54, 1.807) is 19.9 Å². The summed E-state index contributed by atoms with van der Waals surface area (Å²) >= 11 is 0. The number of benzene rings is 3. The largest absolute Gasteiger partial charge is 0.399 e. The van der Waals surface area contributed by atoms with Crippen LogP contribution in [-0.2, 0) is 0 Å². The molecule has 3 aromatic carbocycles. The van der Waals surface area contributed by atoms with Crippen molar-refractivity contribution in [3.8, 4) is 11.4 Å². The first-order chi connectivity index (χ1) is 25.0. The minimum atomic E-state index is -3.04. The monoisotopic (exact) mass is 754 g/mol. The highest BCUT2D eigenvalue weighted by molar-refractivity contribution is 5.52. The molecule has 6 rings (SSSR count). The normalized spacial score (nSPS) is 10.6. The van der Waals surface area contributed by atoms with Crippen LogP contribution >= 0.6 is 0 Å². The van der Waals surface area contributed by atoms with E-state index < -0.39 is 51.8 Å². The SMILES string of the molecule is Cc1ncn(-c2ccc(N)cc2C(F)F)n1.Cc1ncn(-c2ccc([N+](=O)[O-])cc2C(F)F)n1.Cc1ncn[nH]1.O=[N+]([O-])c1ccc(F)c(C(F)F)c1.[HH]. The maximum atomic E-state index is 12.9. The van der Waals surface area contributed by atoms with Crippen molar-refractivity contribution < 1.29 is 42.0 Å². The van der Waals surface area contributed by atoms with Gasteiger partial charge in [0.1, 0.15) is 42.3 Å². The van der Waals surface area contributed by atoms with Gasteiger partial charge in [0.25, 0.3) is 30.7 Å². The van der Waals surface area contributed by atoms with E-state index in [1.807, 2.05) is 6.92 Å². The van der Waals surface area contributed by atoms with Crippen molar-refractivity contribution in [2.45, 2.75) is 40.0 Å². The van der Waals surface area contributed by atoms with Gasteiger partial charge in [-0.25, -0.2) is 55.0 Å². The summed E-state index contributed by atoms with van der Waals surface area (Å²) in [5.74, 6) is 0.668. The summed E-state index contributed by atoms with van der Waals surface area (Å²) in [5, 5.41) is 34.8. The third-order valence-electron chi connectivity index (χ3n) is 6.41. The molecule has 23 heteroatoms. The highest BCUT2D eigenvalue weighted by atomic mass is 19.3. The molecule has 3 aromatic heterocycles. The van der Waals surface area contributed by atoms with Gasteiger partial charge in [0.2, 0.25) is 0 Å². The number of nitro benzene ring substituents is 2. The zero-order valence-corrected chi connectivity index (χ0v) is 27.5. The predicted molar refractivity (Wildman–Crippen MR) is 174 cm³/mol. The average Bonchev–Trinajstić information content (AvgIpc) is 3.88. The quantitative estimate of drug-likeness (QED) is 0.0702. The van der Waals surface area contributed by atoms with Crippen molar-refractivity contribution in [2.75, 3.05) is 5.73 Å². The molecule has 0 unspecified atom stereocenters. The van der Waals surface area contributed by atoms with E-state index in [0.29, 0.717) is 35.2 Å². The lowest BCUT2D eigenvalue weighted by molar-refractivity contribution is -0.385. The molecule has 0 aliphatic carbocycles. The number of hydrogen-bond acceptors (Lipinski definition) is 11. The summed E-state index contributed by atoms with van der Waals surface area (Å²) in [4.78, 5) is 30.6. The smallest absolute Gasteiger partial charge is 0.270 e. The van der Waals surface area contributed by atoms with Gasteiger partial charge in [-0.15, -0.1) is 0 Å². The highest BCUT2D eigenvalue weighted by Gasteiger charge is 2.20. The molecule has 0 fully saturated rings. The maximum absolute atomic E-state index is 12.9. The number of H-pyrrole nitrogens is 1. The van der Waals surface area contributed by atoms with Gasteiger partial charge < -0.3 is 5.73 Å². The van der Waals surface area contributed by atoms with Gasteiger partial charge in [-0.1, -0.05) is 0 Å². The number of nitro groups is 2. The number of aryl methyl sites for hydroxylation is 3. The molecule has 16 nitrogen and oxygen atoms in total. The number of nitrogen functional groups attached to an aromatic ring is 1. The molecule has 0 saturated carbocycles. The number of hydrogen-bond donors (Lipinski definition) is 2. The molecular formula is C30H29F7N12O4. The standard InChI is InChI=1S/C10H8F2N4O2.C10H10F2N4.C7H4F3NO2.C3H5N3.H2/c1-6-13-5-15(14-6)9-3-2-7(16(17)18)4-8(9)10(11)12;1-6-14-5-16(15-6)9-3-2-7(13)4-8(9)10(11)12;8-6-2-1-4(11(12)13)3-5(6)7(9)10;1-3-4-2-5-6-3;/h2-5,10H,1H3;2-5,10H,13H2,1H3;1-3,7H;2H,1H3,(H,4,5,6);1H. The topological polar surface area (TPSA) is 215 Å². The fourth-order valence-electron chi connectivity index (χ4n) is 4.00. The number of alkyl halides is 6. The Hall–Kier alpha value is -6.81. The Balaban J connectivity index is 0.000000260. The molecule has 3 N–H and O–H groups in total. The fraction of sp³-hybridized carbons (Fsp3) is 0.200. The Morgan fingerprint density at radius 2 is 1.15 bits per heavy atom. The first-order valence-corrected chi connectivity index (χ1v) is 14.5. The van der Waals surface area contributed by atoms with E-state index in [2.05, 4.69) is 35.3 Å². The Bertz CT molecular complexity index is 2130. The van der Waals surface area contributed by atoms with Gasteiger partial charge >= 0.3 is 0 Å². The summed E-state index contributed by atoms with van der Waals surface area (Å²) in [6.07, 6.45) is -4.31. The first kappa shape index (κ1) is 40.6. The molecule has 0 aliphatic rings. The van der Waals surface area contributed by atoms with Crippen molar-refractivity contribution in [1.29, 1.82) is 0 Å². The number of halogens is 7. The molecule has 0 amide bonds. The van der Waals surface area contributed by atoms with Crippen molar-refractivity contribution >= 4 is 17.1 Å². The zero-order chi connectivity index (χ0) is 39.4. The van der Waals surface area contributed by atoms with E-state index in [4.69, 9.17) is 5.73 Å². The Labute approximate surface area is 294 Å². The van der Waals surface area contributed by atoms with E-state index in [1.165, 1.54) is 46.5 Å². The molecule has 0 spiro atoms. The first-order valence-electron chi connectivity index (χ1n) is 14.5. The van der Waals surface area contributed by atoms with Crippen LogP contribution in [0.5, 0.6) is 0 Å². The molecule has 0 aliphatic heterocycles. The van der Waals surface area contributed by atoms with Crippen LogP contribution in [0, 0.1) is 46.8 Å². The van der Waals surface area contributed by atoms with Gasteiger partial charge in [0.05, 0.1) is 32.3 Å². The Morgan fingerprint density at radius 1 is 0.698 bits per heavy atom. The van der Waals surface area contributed by atoms with Crippen LogP contribution in [-0.4, -0.2) is 54.6 Å². The van der Waals surface area contributed by atoms with Crippen molar-refractivity contribution in [3.63, 3.8) is 0 Å². The third kappa shape index (κ3) is 11.6. The van der Waals surface area contributed by atoms with Gasteiger partial charge in [-0.3, -0.25) is 25.3 Å². The van der Waals surface area contributed by atoms with Crippen LogP contribution in [0.4, 0.5) is 47.8 Å². The molecule has 0 saturated heterocycles.